The number of nitrogens with zero attached hydrogens (tertiary/aromatic N) is 2. The van der Waals surface area contributed by atoms with E-state index in [0.717, 1.165) is 25.9 Å². The van der Waals surface area contributed by atoms with Gasteiger partial charge in [0, 0.05) is 32.2 Å². The number of hydrogen-bond donors (Lipinski definition) is 1. The predicted octanol–water partition coefficient (Wildman–Crippen LogP) is 2.81. The van der Waals surface area contributed by atoms with E-state index in [0.29, 0.717) is 19.5 Å². The van der Waals surface area contributed by atoms with Gasteiger partial charge < -0.3 is 14.7 Å². The molecule has 0 spiro atoms. The van der Waals surface area contributed by atoms with Crippen LogP contribution < -0.4 is 0 Å². The first-order chi connectivity index (χ1) is 11.8. The van der Waals surface area contributed by atoms with Crippen LogP contribution in [0.2, 0.25) is 0 Å². The molecule has 1 fully saturated rings. The van der Waals surface area contributed by atoms with Gasteiger partial charge in [0.05, 0.1) is 6.10 Å². The summed E-state index contributed by atoms with van der Waals surface area (Å²) in [7, 11) is 0. The van der Waals surface area contributed by atoms with Gasteiger partial charge in [0.2, 0.25) is 0 Å². The molecule has 1 aromatic rings. The van der Waals surface area contributed by atoms with Crippen LogP contribution >= 0.6 is 0 Å². The molecule has 5 nitrogen and oxygen atoms in total. The predicted molar refractivity (Wildman–Crippen MR) is 97.4 cm³/mol. The number of rotatable bonds is 1. The monoisotopic (exact) mass is 346 g/mol. The van der Waals surface area contributed by atoms with Crippen molar-refractivity contribution < 1.29 is 14.6 Å². The number of ether oxygens (including phenoxy) is 1. The summed E-state index contributed by atoms with van der Waals surface area (Å²) in [6, 6.07) is 8.64. The van der Waals surface area contributed by atoms with Crippen LogP contribution in [-0.2, 0) is 17.7 Å². The number of hydrogen-bond acceptors (Lipinski definition) is 4. The van der Waals surface area contributed by atoms with E-state index < -0.39 is 11.7 Å². The van der Waals surface area contributed by atoms with E-state index in [1.165, 1.54) is 11.1 Å². The Morgan fingerprint density at radius 1 is 1.12 bits per heavy atom. The molecule has 2 heterocycles. The highest BCUT2D eigenvalue weighted by Gasteiger charge is 2.33. The van der Waals surface area contributed by atoms with E-state index in [1.54, 1.807) is 4.90 Å². The van der Waals surface area contributed by atoms with E-state index in [-0.39, 0.29) is 12.1 Å². The van der Waals surface area contributed by atoms with Crippen LogP contribution in [0.3, 0.4) is 0 Å². The topological polar surface area (TPSA) is 53.0 Å². The molecule has 5 heteroatoms. The van der Waals surface area contributed by atoms with Crippen LogP contribution in [0.15, 0.2) is 24.3 Å². The zero-order valence-electron chi connectivity index (χ0n) is 15.6. The number of carbonyl (C=O) groups is 1. The highest BCUT2D eigenvalue weighted by Crippen LogP contribution is 2.25. The first kappa shape index (κ1) is 18.2. The maximum absolute atomic E-state index is 12.3. The molecule has 2 aliphatic rings. The Hall–Kier alpha value is -1.59. The van der Waals surface area contributed by atoms with Crippen LogP contribution in [0.25, 0.3) is 0 Å². The largest absolute Gasteiger partial charge is 0.444 e. The van der Waals surface area contributed by atoms with E-state index in [2.05, 4.69) is 29.2 Å². The summed E-state index contributed by atoms with van der Waals surface area (Å²) in [6.07, 6.45) is 1.72. The lowest BCUT2D eigenvalue weighted by Crippen LogP contribution is -2.46. The van der Waals surface area contributed by atoms with Crippen molar-refractivity contribution in [2.75, 3.05) is 19.6 Å². The van der Waals surface area contributed by atoms with Gasteiger partial charge in [-0.2, -0.15) is 0 Å². The number of likely N-dealkylation sites (tertiary alicyclic amines) is 1. The summed E-state index contributed by atoms with van der Waals surface area (Å²) in [4.78, 5) is 16.5. The third kappa shape index (κ3) is 4.53. The summed E-state index contributed by atoms with van der Waals surface area (Å²) in [5.74, 6) is 0. The Morgan fingerprint density at radius 3 is 2.52 bits per heavy atom. The minimum atomic E-state index is -0.488. The van der Waals surface area contributed by atoms with Crippen molar-refractivity contribution in [1.29, 1.82) is 0 Å². The minimum Gasteiger partial charge on any atom is -0.444 e. The van der Waals surface area contributed by atoms with Gasteiger partial charge in [-0.3, -0.25) is 4.90 Å². The minimum absolute atomic E-state index is 0.0980. The van der Waals surface area contributed by atoms with Crippen LogP contribution in [0.4, 0.5) is 4.79 Å². The summed E-state index contributed by atoms with van der Waals surface area (Å²) in [5, 5.41) is 10.7. The van der Waals surface area contributed by atoms with Crippen LogP contribution in [0.5, 0.6) is 0 Å². The number of carbonyl (C=O) groups excluding carboxylic acids is 1. The summed E-state index contributed by atoms with van der Waals surface area (Å²) in [6.45, 7) is 8.67. The second-order valence-corrected chi connectivity index (χ2v) is 8.17. The zero-order chi connectivity index (χ0) is 18.0. The van der Waals surface area contributed by atoms with Gasteiger partial charge in [-0.15, -0.1) is 0 Å². The molecule has 0 aliphatic carbocycles. The molecular formula is C20H30N2O3. The van der Waals surface area contributed by atoms with Crippen molar-refractivity contribution in [2.45, 2.75) is 64.3 Å². The first-order valence-corrected chi connectivity index (χ1v) is 9.30. The molecule has 1 aromatic carbocycles. The molecule has 0 aromatic heterocycles. The van der Waals surface area contributed by atoms with Crippen LogP contribution in [0, 0.1) is 0 Å². The Balaban J connectivity index is 1.63. The van der Waals surface area contributed by atoms with Crippen molar-refractivity contribution in [3.05, 3.63) is 35.4 Å². The molecule has 138 valence electrons. The van der Waals surface area contributed by atoms with Gasteiger partial charge in [-0.1, -0.05) is 24.3 Å². The molecule has 0 bridgehead atoms. The number of aliphatic hydroxyl groups excluding tert-OH is 1. The lowest BCUT2D eigenvalue weighted by molar-refractivity contribution is 0.0251. The average Bonchev–Trinajstić information content (AvgIpc) is 2.75. The Bertz CT molecular complexity index is 611. The maximum atomic E-state index is 12.3. The van der Waals surface area contributed by atoms with Gasteiger partial charge in [-0.05, 0) is 51.2 Å². The van der Waals surface area contributed by atoms with E-state index in [1.807, 2.05) is 20.8 Å². The summed E-state index contributed by atoms with van der Waals surface area (Å²) >= 11 is 0. The molecule has 0 radical (unpaired) electrons. The second-order valence-electron chi connectivity index (χ2n) is 8.17. The first-order valence-electron chi connectivity index (χ1n) is 9.30. The van der Waals surface area contributed by atoms with Gasteiger partial charge in [0.1, 0.15) is 5.60 Å². The van der Waals surface area contributed by atoms with E-state index >= 15 is 0 Å². The highest BCUT2D eigenvalue weighted by atomic mass is 16.6. The van der Waals surface area contributed by atoms with Crippen molar-refractivity contribution in [2.24, 2.45) is 0 Å². The van der Waals surface area contributed by atoms with Gasteiger partial charge >= 0.3 is 6.09 Å². The number of fused-ring (bicyclic) bond motifs is 1. The third-order valence-corrected chi connectivity index (χ3v) is 5.11. The smallest absolute Gasteiger partial charge is 0.410 e. The summed E-state index contributed by atoms with van der Waals surface area (Å²) in [5.41, 5.74) is 2.28. The van der Waals surface area contributed by atoms with Crippen molar-refractivity contribution in [1.82, 2.24) is 9.80 Å². The number of benzene rings is 1. The fourth-order valence-corrected chi connectivity index (χ4v) is 3.81. The quantitative estimate of drug-likeness (QED) is 0.850. The fraction of sp³-hybridized carbons (Fsp3) is 0.650. The van der Waals surface area contributed by atoms with Crippen molar-refractivity contribution in [3.8, 4) is 0 Å². The molecule has 1 amide bonds. The van der Waals surface area contributed by atoms with Crippen LogP contribution in [-0.4, -0.2) is 58.4 Å². The Morgan fingerprint density at radius 2 is 1.80 bits per heavy atom. The van der Waals surface area contributed by atoms with Gasteiger partial charge in [0.15, 0.2) is 0 Å². The molecule has 0 unspecified atom stereocenters. The maximum Gasteiger partial charge on any atom is 0.410 e. The average molecular weight is 346 g/mol. The van der Waals surface area contributed by atoms with Crippen molar-refractivity contribution in [3.63, 3.8) is 0 Å². The molecule has 0 saturated carbocycles. The highest BCUT2D eigenvalue weighted by molar-refractivity contribution is 5.68. The standard InChI is InChI=1S/C20H30N2O3/c1-20(2,3)25-19(24)21-12-9-17(18(23)10-13-21)22-11-8-15-6-4-5-7-16(15)14-22/h4-7,17-18,23H,8-14H2,1-3H3/t17-,18-/m0/s1. The number of aliphatic hydroxyl groups is 1. The summed E-state index contributed by atoms with van der Waals surface area (Å²) < 4.78 is 5.49. The molecule has 1 saturated heterocycles. The zero-order valence-corrected chi connectivity index (χ0v) is 15.6. The van der Waals surface area contributed by atoms with Gasteiger partial charge in [0.25, 0.3) is 0 Å². The molecule has 3 rings (SSSR count). The number of amides is 1. The SMILES string of the molecule is CC(C)(C)OC(=O)N1CC[C@H](O)[C@@H](N2CCc3ccccc3C2)CC1. The Kier molecular flexibility index (Phi) is 5.35. The Labute approximate surface area is 150 Å². The van der Waals surface area contributed by atoms with Crippen LogP contribution in [0.1, 0.15) is 44.7 Å². The van der Waals surface area contributed by atoms with Gasteiger partial charge in [-0.25, -0.2) is 4.79 Å². The fourth-order valence-electron chi connectivity index (χ4n) is 3.81. The molecular weight excluding hydrogens is 316 g/mol. The third-order valence-electron chi connectivity index (χ3n) is 5.11. The van der Waals surface area contributed by atoms with E-state index in [4.69, 9.17) is 4.74 Å². The molecule has 1 N–H and O–H groups in total. The van der Waals surface area contributed by atoms with E-state index in [9.17, 15) is 9.90 Å². The second kappa shape index (κ2) is 7.34. The molecule has 2 atom stereocenters. The normalized spacial score (nSPS) is 25.2. The molecule has 25 heavy (non-hydrogen) atoms. The lowest BCUT2D eigenvalue weighted by Gasteiger charge is -2.37. The lowest BCUT2D eigenvalue weighted by atomic mass is 9.96. The van der Waals surface area contributed by atoms with Crippen molar-refractivity contribution >= 4 is 6.09 Å². The molecule has 2 aliphatic heterocycles.